The molecule has 0 radical (unpaired) electrons. The Balaban J connectivity index is 1.99. The van der Waals surface area contributed by atoms with Crippen LogP contribution in [-0.4, -0.2) is 5.11 Å². The van der Waals surface area contributed by atoms with Crippen molar-refractivity contribution in [2.75, 3.05) is 0 Å². The lowest BCUT2D eigenvalue weighted by Crippen LogP contribution is -2.17. The van der Waals surface area contributed by atoms with E-state index in [0.29, 0.717) is 6.54 Å². The molecule has 0 aromatic heterocycles. The Bertz CT molecular complexity index is 564. The second-order valence-electron chi connectivity index (χ2n) is 4.42. The molecule has 0 saturated carbocycles. The molecule has 0 saturated heterocycles. The molecule has 106 valence electrons. The third-order valence-electron chi connectivity index (χ3n) is 2.90. The molecule has 5 heteroatoms. The zero-order valence-electron chi connectivity index (χ0n) is 10.6. The first kappa shape index (κ1) is 14.4. The van der Waals surface area contributed by atoms with Crippen molar-refractivity contribution in [1.82, 2.24) is 5.32 Å². The summed E-state index contributed by atoms with van der Waals surface area (Å²) >= 11 is 0. The molecule has 0 aliphatic heterocycles. The van der Waals surface area contributed by atoms with Gasteiger partial charge in [0, 0.05) is 13.1 Å². The lowest BCUT2D eigenvalue weighted by molar-refractivity contribution is -0.138. The summed E-state index contributed by atoms with van der Waals surface area (Å²) < 4.78 is 38.4. The molecule has 0 atom stereocenters. The monoisotopic (exact) mass is 281 g/mol. The molecule has 2 aromatic carbocycles. The molecule has 0 aliphatic carbocycles. The van der Waals surface area contributed by atoms with E-state index in [9.17, 15) is 13.2 Å². The van der Waals surface area contributed by atoms with Crippen LogP contribution in [0.4, 0.5) is 13.2 Å². The van der Waals surface area contributed by atoms with E-state index in [1.54, 1.807) is 30.3 Å². The van der Waals surface area contributed by atoms with Crippen LogP contribution in [0.15, 0.2) is 48.5 Å². The predicted molar refractivity (Wildman–Crippen MR) is 70.1 cm³/mol. The molecule has 0 bridgehead atoms. The number of nitrogens with one attached hydrogen (secondary N) is 1. The Morgan fingerprint density at radius 3 is 2.20 bits per heavy atom. The molecule has 0 unspecified atom stereocenters. The molecule has 0 amide bonds. The number of phenols is 1. The summed E-state index contributed by atoms with van der Waals surface area (Å²) in [4.78, 5) is 0. The topological polar surface area (TPSA) is 32.3 Å². The number of hydrogen-bond acceptors (Lipinski definition) is 2. The maximum absolute atomic E-state index is 12.8. The first-order valence-corrected chi connectivity index (χ1v) is 6.10. The summed E-state index contributed by atoms with van der Waals surface area (Å²) in [5, 5.41) is 12.1. The molecule has 2 aromatic rings. The van der Waals surface area contributed by atoms with E-state index < -0.39 is 11.7 Å². The van der Waals surface area contributed by atoms with Gasteiger partial charge in [-0.05, 0) is 29.3 Å². The second-order valence-corrected chi connectivity index (χ2v) is 4.42. The summed E-state index contributed by atoms with van der Waals surface area (Å²) in [7, 11) is 0. The quantitative estimate of drug-likeness (QED) is 0.895. The van der Waals surface area contributed by atoms with Gasteiger partial charge in [0.2, 0.25) is 0 Å². The fourth-order valence-electron chi connectivity index (χ4n) is 1.91. The SMILES string of the molecule is Oc1ccc(CNCc2ccccc2C(F)(F)F)cc1. The summed E-state index contributed by atoms with van der Waals surface area (Å²) in [6.45, 7) is 0.572. The number of hydrogen-bond donors (Lipinski definition) is 2. The number of alkyl halides is 3. The third kappa shape index (κ3) is 3.74. The van der Waals surface area contributed by atoms with Crippen LogP contribution in [0.5, 0.6) is 5.75 Å². The van der Waals surface area contributed by atoms with Crippen molar-refractivity contribution in [1.29, 1.82) is 0 Å². The van der Waals surface area contributed by atoms with Gasteiger partial charge in [0.15, 0.2) is 0 Å². The molecule has 2 N–H and O–H groups in total. The van der Waals surface area contributed by atoms with E-state index in [4.69, 9.17) is 5.11 Å². The van der Waals surface area contributed by atoms with Crippen molar-refractivity contribution >= 4 is 0 Å². The summed E-state index contributed by atoms with van der Waals surface area (Å²) in [5.74, 6) is 0.163. The molecular weight excluding hydrogens is 267 g/mol. The van der Waals surface area contributed by atoms with Crippen LogP contribution >= 0.6 is 0 Å². The first-order valence-electron chi connectivity index (χ1n) is 6.10. The van der Waals surface area contributed by atoms with E-state index in [0.717, 1.165) is 11.6 Å². The number of aromatic hydroxyl groups is 1. The van der Waals surface area contributed by atoms with Crippen LogP contribution in [0.25, 0.3) is 0 Å². The molecule has 0 fully saturated rings. The Labute approximate surface area is 114 Å². The molecule has 0 heterocycles. The average molecular weight is 281 g/mol. The highest BCUT2D eigenvalue weighted by molar-refractivity contribution is 5.30. The predicted octanol–water partition coefficient (Wildman–Crippen LogP) is 3.70. The zero-order chi connectivity index (χ0) is 14.6. The van der Waals surface area contributed by atoms with E-state index in [1.807, 2.05) is 0 Å². The van der Waals surface area contributed by atoms with Gasteiger partial charge < -0.3 is 10.4 Å². The second kappa shape index (κ2) is 5.96. The lowest BCUT2D eigenvalue weighted by atomic mass is 10.1. The van der Waals surface area contributed by atoms with Crippen molar-refractivity contribution < 1.29 is 18.3 Å². The minimum absolute atomic E-state index is 0.135. The Morgan fingerprint density at radius 1 is 0.900 bits per heavy atom. The minimum Gasteiger partial charge on any atom is -0.508 e. The third-order valence-corrected chi connectivity index (χ3v) is 2.90. The molecule has 2 nitrogen and oxygen atoms in total. The largest absolute Gasteiger partial charge is 0.508 e. The average Bonchev–Trinajstić information content (AvgIpc) is 2.40. The van der Waals surface area contributed by atoms with Gasteiger partial charge in [-0.15, -0.1) is 0 Å². The maximum Gasteiger partial charge on any atom is 0.416 e. The molecule has 20 heavy (non-hydrogen) atoms. The number of halogens is 3. The van der Waals surface area contributed by atoms with Gasteiger partial charge in [0.25, 0.3) is 0 Å². The fourth-order valence-corrected chi connectivity index (χ4v) is 1.91. The van der Waals surface area contributed by atoms with Crippen LogP contribution in [0.1, 0.15) is 16.7 Å². The van der Waals surface area contributed by atoms with Crippen LogP contribution in [-0.2, 0) is 19.3 Å². The van der Waals surface area contributed by atoms with Crippen LogP contribution in [0, 0.1) is 0 Å². The van der Waals surface area contributed by atoms with Gasteiger partial charge in [-0.3, -0.25) is 0 Å². The molecular formula is C15H14F3NO. The van der Waals surface area contributed by atoms with Gasteiger partial charge in [0.05, 0.1) is 5.56 Å². The first-order chi connectivity index (χ1) is 9.47. The van der Waals surface area contributed by atoms with Crippen molar-refractivity contribution in [2.24, 2.45) is 0 Å². The van der Waals surface area contributed by atoms with Gasteiger partial charge in [-0.2, -0.15) is 13.2 Å². The fraction of sp³-hybridized carbons (Fsp3) is 0.200. The number of phenolic OH excluding ortho intramolecular Hbond substituents is 1. The van der Waals surface area contributed by atoms with Crippen molar-refractivity contribution in [3.05, 3.63) is 65.2 Å². The number of rotatable bonds is 4. The maximum atomic E-state index is 12.8. The Kier molecular flexibility index (Phi) is 4.29. The Morgan fingerprint density at radius 2 is 1.55 bits per heavy atom. The van der Waals surface area contributed by atoms with E-state index in [1.165, 1.54) is 12.1 Å². The van der Waals surface area contributed by atoms with Gasteiger partial charge in [0.1, 0.15) is 5.75 Å². The van der Waals surface area contributed by atoms with Crippen molar-refractivity contribution in [3.63, 3.8) is 0 Å². The van der Waals surface area contributed by atoms with Gasteiger partial charge in [-0.1, -0.05) is 30.3 Å². The highest BCUT2D eigenvalue weighted by Crippen LogP contribution is 2.31. The summed E-state index contributed by atoms with van der Waals surface area (Å²) in [6, 6.07) is 12.0. The van der Waals surface area contributed by atoms with Crippen LogP contribution in [0.2, 0.25) is 0 Å². The highest BCUT2D eigenvalue weighted by atomic mass is 19.4. The lowest BCUT2D eigenvalue weighted by Gasteiger charge is -2.13. The minimum atomic E-state index is -4.34. The van der Waals surface area contributed by atoms with Crippen molar-refractivity contribution in [2.45, 2.75) is 19.3 Å². The highest BCUT2D eigenvalue weighted by Gasteiger charge is 2.32. The normalized spacial score (nSPS) is 11.6. The molecule has 0 aliphatic rings. The van der Waals surface area contributed by atoms with Crippen molar-refractivity contribution in [3.8, 4) is 5.75 Å². The summed E-state index contributed by atoms with van der Waals surface area (Å²) in [6.07, 6.45) is -4.34. The van der Waals surface area contributed by atoms with Gasteiger partial charge >= 0.3 is 6.18 Å². The van der Waals surface area contributed by atoms with Crippen LogP contribution in [0.3, 0.4) is 0 Å². The molecule has 2 rings (SSSR count). The van der Waals surface area contributed by atoms with E-state index >= 15 is 0 Å². The molecule has 0 spiro atoms. The zero-order valence-corrected chi connectivity index (χ0v) is 10.6. The number of benzene rings is 2. The van der Waals surface area contributed by atoms with Crippen LogP contribution < -0.4 is 5.32 Å². The smallest absolute Gasteiger partial charge is 0.416 e. The van der Waals surface area contributed by atoms with E-state index in [2.05, 4.69) is 5.32 Å². The van der Waals surface area contributed by atoms with E-state index in [-0.39, 0.29) is 17.9 Å². The van der Waals surface area contributed by atoms with Gasteiger partial charge in [-0.25, -0.2) is 0 Å². The standard InChI is InChI=1S/C15H14F3NO/c16-15(17,18)14-4-2-1-3-12(14)10-19-9-11-5-7-13(20)8-6-11/h1-8,19-20H,9-10H2. The Hall–Kier alpha value is -2.01. The summed E-state index contributed by atoms with van der Waals surface area (Å²) in [5.41, 5.74) is 0.504.